The highest BCUT2D eigenvalue weighted by Gasteiger charge is 2.36. The van der Waals surface area contributed by atoms with Gasteiger partial charge in [-0.1, -0.05) is 283 Å². The second-order valence-electron chi connectivity index (χ2n) is 23.3. The van der Waals surface area contributed by atoms with Crippen LogP contribution < -0.4 is 9.99 Å². The number of halogens is 3. The number of nitrogens with one attached hydrogen (secondary N) is 1. The van der Waals surface area contributed by atoms with Crippen molar-refractivity contribution in [1.82, 2.24) is 5.32 Å². The quantitative estimate of drug-likeness (QED) is 0.0743. The van der Waals surface area contributed by atoms with Crippen LogP contribution in [0.15, 0.2) is 203 Å². The molecule has 2 aliphatic rings. The number of hydrogen-bond acceptors (Lipinski definition) is 6. The van der Waals surface area contributed by atoms with E-state index in [1.54, 1.807) is 23.3 Å². The van der Waals surface area contributed by atoms with Crippen molar-refractivity contribution in [3.05, 3.63) is 216 Å². The zero-order chi connectivity index (χ0) is 60.7. The maximum atomic E-state index is 10.4. The van der Waals surface area contributed by atoms with Crippen LogP contribution in [0.5, 0.6) is 11.5 Å². The summed E-state index contributed by atoms with van der Waals surface area (Å²) in [6.45, 7) is 9.20. The summed E-state index contributed by atoms with van der Waals surface area (Å²) in [5.41, 5.74) is 9.24. The molecule has 0 saturated carbocycles. The topological polar surface area (TPSA) is 82.0 Å². The van der Waals surface area contributed by atoms with Gasteiger partial charge in [-0.3, -0.25) is 0 Å². The van der Waals surface area contributed by atoms with Gasteiger partial charge in [-0.05, 0) is 141 Å². The number of unbranched alkanes of at least 4 members (excludes halogenated alkanes) is 4. The molecule has 3 N–H and O–H groups in total. The lowest BCUT2D eigenvalue weighted by molar-refractivity contribution is 0.376. The molecule has 0 saturated heterocycles. The van der Waals surface area contributed by atoms with Crippen LogP contribution in [0.25, 0.3) is 76.2 Å². The van der Waals surface area contributed by atoms with Crippen LogP contribution in [0.1, 0.15) is 152 Å². The highest BCUT2D eigenvalue weighted by Crippen LogP contribution is 2.52. The first-order valence-corrected chi connectivity index (χ1v) is 36.9. The fraction of sp³-hybridized carbons (Fsp3) is 0.316. The Morgan fingerprint density at radius 2 is 0.851 bits per heavy atom. The van der Waals surface area contributed by atoms with Gasteiger partial charge in [-0.2, -0.15) is 4.67 Å². The number of nitrogens with zero attached hydrogens (tertiary/aromatic N) is 1. The van der Waals surface area contributed by atoms with Crippen molar-refractivity contribution in [2.24, 2.45) is 0 Å². The molecule has 1 heterocycles. The Hall–Kier alpha value is -6.04. The fourth-order valence-electron chi connectivity index (χ4n) is 13.3. The molecule has 2 aliphatic carbocycles. The van der Waals surface area contributed by atoms with Crippen LogP contribution in [0.3, 0.4) is 0 Å². The van der Waals surface area contributed by atoms with Crippen molar-refractivity contribution in [2.75, 3.05) is 4.67 Å². The van der Waals surface area contributed by atoms with E-state index in [2.05, 4.69) is 159 Å². The van der Waals surface area contributed by atoms with Crippen molar-refractivity contribution in [2.45, 2.75) is 155 Å². The predicted octanol–water partition coefficient (Wildman–Crippen LogP) is 25.0. The zero-order valence-corrected chi connectivity index (χ0v) is 54.8. The number of phenols is 2. The third-order valence-electron chi connectivity index (χ3n) is 17.6. The van der Waals surface area contributed by atoms with Crippen LogP contribution in [0.2, 0.25) is 0 Å². The average molecular weight is 1260 g/mol. The molecule has 0 fully saturated rings. The molecule has 13 rings (SSSR count). The molecule has 2 atom stereocenters. The Balaban J connectivity index is 0.000000155. The Labute approximate surface area is 531 Å². The van der Waals surface area contributed by atoms with Crippen molar-refractivity contribution in [3.8, 4) is 22.6 Å². The van der Waals surface area contributed by atoms with E-state index in [0.717, 1.165) is 75.2 Å². The molecule has 11 heteroatoms. The van der Waals surface area contributed by atoms with Crippen LogP contribution in [0, 0.1) is 0 Å². The molecule has 1 aromatic heterocycles. The molecule has 11 aromatic rings. The summed E-state index contributed by atoms with van der Waals surface area (Å²) >= 11 is 14.6. The Morgan fingerprint density at radius 3 is 1.33 bits per heavy atom. The summed E-state index contributed by atoms with van der Waals surface area (Å²) in [5, 5.41) is 35.9. The molecule has 0 unspecified atom stereocenters. The van der Waals surface area contributed by atoms with Gasteiger partial charge in [0, 0.05) is 46.1 Å². The summed E-state index contributed by atoms with van der Waals surface area (Å²) in [7, 11) is -1.42. The standard InChI is InChI=1S/C38H40NO2P.C20H14O2.C18H29N.Cl3P/c1-3-5-16-30(17-6-4-2)39(34-24-21-27-13-7-10-18-31(27)34)42-40-35-25-22-28-14-8-11-19-32(28)37(35)38-33-20-12-9-15-29(33)23-26-36(38)41-42;21-17-11-9-13-5-1-3-7-15(13)19(17)20-16-8-4-2-6-14(16)10-12-18(20)22;1-3-5-10-16(11-6-4-2)19-18-14-13-15-9-7-8-12-17(15)18;1-4(2)3/h7-15,18-20,22-23,25-26,30,34H,3-6,16-17,21,24H2,1-2H3;1-12,21-22H;7-9,12,16,18-19H,3-6,10-11,13-14H2,1-2H3;/t34-;;18-;/m0.0./s1. The van der Waals surface area contributed by atoms with E-state index in [1.165, 1.54) is 110 Å². The van der Waals surface area contributed by atoms with Gasteiger partial charge in [0.15, 0.2) is 5.98 Å². The second kappa shape index (κ2) is 31.4. The van der Waals surface area contributed by atoms with Gasteiger partial charge in [0.1, 0.15) is 22.7 Å². The molecule has 87 heavy (non-hydrogen) atoms. The molecule has 452 valence electrons. The molecule has 0 radical (unpaired) electrons. The lowest BCUT2D eigenvalue weighted by Crippen LogP contribution is -2.35. The van der Waals surface area contributed by atoms with Gasteiger partial charge in [-0.15, -0.1) is 0 Å². The number of phenolic OH excluding ortho intramolecular Hbond substituents is 2. The molecular weight excluding hydrogens is 1170 g/mol. The Kier molecular flexibility index (Phi) is 23.1. The van der Waals surface area contributed by atoms with Crippen molar-refractivity contribution in [1.29, 1.82) is 0 Å². The largest absolute Gasteiger partial charge is 0.507 e. The maximum Gasteiger partial charge on any atom is 0.310 e. The third kappa shape index (κ3) is 15.3. The van der Waals surface area contributed by atoms with Gasteiger partial charge in [0.25, 0.3) is 0 Å². The van der Waals surface area contributed by atoms with E-state index in [1.807, 2.05) is 60.7 Å². The summed E-state index contributed by atoms with van der Waals surface area (Å²) < 4.78 is 17.1. The second-order valence-corrected chi connectivity index (χ2v) is 29.6. The van der Waals surface area contributed by atoms with Crippen LogP contribution in [-0.2, 0) is 12.8 Å². The minimum absolute atomic E-state index is 0.172. The average Bonchev–Trinajstić information content (AvgIpc) is 2.57. The van der Waals surface area contributed by atoms with E-state index in [4.69, 9.17) is 42.1 Å². The molecule has 6 nitrogen and oxygen atoms in total. The van der Waals surface area contributed by atoms with Crippen molar-refractivity contribution in [3.63, 3.8) is 0 Å². The smallest absolute Gasteiger partial charge is 0.310 e. The Bertz CT molecular complexity index is 3900. The van der Waals surface area contributed by atoms with Crippen molar-refractivity contribution < 1.29 is 18.6 Å². The zero-order valence-electron chi connectivity index (χ0n) is 50.8. The molecule has 0 aliphatic heterocycles. The highest BCUT2D eigenvalue weighted by atomic mass is 36.0. The van der Waals surface area contributed by atoms with E-state index in [0.29, 0.717) is 23.2 Å². The first-order chi connectivity index (χ1) is 42.6. The molecular formula is C76H83Cl3N2O4P2. The summed E-state index contributed by atoms with van der Waals surface area (Å²) in [6.07, 6.45) is 19.9. The van der Waals surface area contributed by atoms with Crippen LogP contribution in [-0.4, -0.2) is 22.3 Å². The number of aromatic hydroxyl groups is 2. The Morgan fingerprint density at radius 1 is 0.471 bits per heavy atom. The first kappa shape index (κ1) is 64.0. The monoisotopic (exact) mass is 1250 g/mol. The fourth-order valence-corrected chi connectivity index (χ4v) is 15.2. The molecule has 0 amide bonds. The molecule has 0 bridgehead atoms. The van der Waals surface area contributed by atoms with E-state index in [-0.39, 0.29) is 17.5 Å². The van der Waals surface area contributed by atoms with E-state index >= 15 is 0 Å². The third-order valence-corrected chi connectivity index (χ3v) is 19.3. The van der Waals surface area contributed by atoms with Crippen LogP contribution >= 0.6 is 47.9 Å². The number of rotatable bonds is 18. The SMILES string of the molecule is CCCCC(CCCC)N([C@H]1CCc2ccccc21)p1oc2ccc3ccccc3c2c2c(ccc3ccccc32)o1.CCCCC(CCCC)N[C@H]1CCc2ccccc21.ClP(Cl)Cl.Oc1ccc2ccccc2c1-c1c(O)ccc2ccccc12. The summed E-state index contributed by atoms with van der Waals surface area (Å²) in [5.74, 6) is -0.860. The minimum Gasteiger partial charge on any atom is -0.507 e. The minimum atomic E-state index is -1.42. The predicted molar refractivity (Wildman–Crippen MR) is 378 cm³/mol. The van der Waals surface area contributed by atoms with Gasteiger partial charge in [0.05, 0.1) is 0 Å². The number of benzene rings is 10. The van der Waals surface area contributed by atoms with Gasteiger partial charge in [-0.25, -0.2) is 0 Å². The first-order valence-electron chi connectivity index (χ1n) is 31.7. The lowest BCUT2D eigenvalue weighted by Gasteiger charge is -2.34. The van der Waals surface area contributed by atoms with Gasteiger partial charge in [0.2, 0.25) is 0 Å². The van der Waals surface area contributed by atoms with Crippen molar-refractivity contribution >= 4 is 113 Å². The molecule has 10 aromatic carbocycles. The number of hydrogen-bond donors (Lipinski definition) is 3. The lowest BCUT2D eigenvalue weighted by atomic mass is 9.92. The van der Waals surface area contributed by atoms with Gasteiger partial charge < -0.3 is 23.9 Å². The number of aryl methyl sites for hydroxylation is 2. The normalized spacial score (nSPS) is 14.4. The summed E-state index contributed by atoms with van der Waals surface area (Å²) in [6, 6.07) is 69.0. The van der Waals surface area contributed by atoms with Gasteiger partial charge >= 0.3 is 8.16 Å². The van der Waals surface area contributed by atoms with E-state index in [9.17, 15) is 10.2 Å². The summed E-state index contributed by atoms with van der Waals surface area (Å²) in [4.78, 5) is 0. The van der Waals surface area contributed by atoms with E-state index < -0.39 is 14.1 Å². The number of fused-ring (bicyclic) bond motifs is 11. The molecule has 0 spiro atoms. The highest BCUT2D eigenvalue weighted by molar-refractivity contribution is 8.20. The van der Waals surface area contributed by atoms with Crippen LogP contribution in [0.4, 0.5) is 0 Å². The maximum absolute atomic E-state index is 10.4.